The Morgan fingerprint density at radius 1 is 1.25 bits per heavy atom. The number of hydrogen-bond acceptors (Lipinski definition) is 6. The first-order valence-corrected chi connectivity index (χ1v) is 5.87. The number of amides is 1. The van der Waals surface area contributed by atoms with Crippen LogP contribution in [0.1, 0.15) is 0 Å². The maximum atomic E-state index is 11.7. The largest absolute Gasteiger partial charge is 0.497 e. The van der Waals surface area contributed by atoms with Crippen LogP contribution in [-0.2, 0) is 9.57 Å². The first-order valence-electron chi connectivity index (χ1n) is 5.87. The maximum absolute atomic E-state index is 11.7. The van der Waals surface area contributed by atoms with E-state index in [4.69, 9.17) is 14.3 Å². The van der Waals surface area contributed by atoms with Crippen molar-refractivity contribution < 1.29 is 23.8 Å². The zero-order valence-corrected chi connectivity index (χ0v) is 11.7. The summed E-state index contributed by atoms with van der Waals surface area (Å²) in [6.45, 7) is 0.329. The number of ether oxygens (including phenoxy) is 3. The fourth-order valence-corrected chi connectivity index (χ4v) is 1.19. The van der Waals surface area contributed by atoms with Gasteiger partial charge in [0.1, 0.15) is 11.5 Å². The minimum Gasteiger partial charge on any atom is -0.497 e. The fourth-order valence-electron chi connectivity index (χ4n) is 1.19. The zero-order valence-electron chi connectivity index (χ0n) is 11.7. The molecule has 0 unspecified atom stereocenters. The van der Waals surface area contributed by atoms with E-state index in [2.05, 4.69) is 9.89 Å². The SMILES string of the molecule is COCO/N=C/CN(C)C(=O)Oc1ccc(OC)cc1. The lowest BCUT2D eigenvalue weighted by Crippen LogP contribution is -2.31. The van der Waals surface area contributed by atoms with Gasteiger partial charge >= 0.3 is 6.09 Å². The van der Waals surface area contributed by atoms with Gasteiger partial charge in [0.2, 0.25) is 6.79 Å². The first-order chi connectivity index (χ1) is 9.67. The third kappa shape index (κ3) is 5.57. The van der Waals surface area contributed by atoms with E-state index in [1.165, 1.54) is 18.2 Å². The van der Waals surface area contributed by atoms with E-state index >= 15 is 0 Å². The number of methoxy groups -OCH3 is 2. The van der Waals surface area contributed by atoms with Gasteiger partial charge in [0.15, 0.2) is 0 Å². The van der Waals surface area contributed by atoms with E-state index in [9.17, 15) is 4.79 Å². The summed E-state index contributed by atoms with van der Waals surface area (Å²) in [6, 6.07) is 6.73. The van der Waals surface area contributed by atoms with Crippen LogP contribution in [0.2, 0.25) is 0 Å². The quantitative estimate of drug-likeness (QED) is 0.330. The number of rotatable bonds is 7. The molecule has 0 saturated carbocycles. The number of carbonyl (C=O) groups excluding carboxylic acids is 1. The lowest BCUT2D eigenvalue weighted by Gasteiger charge is -2.14. The van der Waals surface area contributed by atoms with E-state index in [1.54, 1.807) is 38.4 Å². The molecule has 0 N–H and O–H groups in total. The molecule has 1 aromatic rings. The van der Waals surface area contributed by atoms with Crippen LogP contribution < -0.4 is 9.47 Å². The highest BCUT2D eigenvalue weighted by atomic mass is 16.7. The van der Waals surface area contributed by atoms with Gasteiger partial charge in [0, 0.05) is 14.2 Å². The molecular weight excluding hydrogens is 264 g/mol. The molecule has 20 heavy (non-hydrogen) atoms. The number of benzene rings is 1. The van der Waals surface area contributed by atoms with Gasteiger partial charge in [-0.3, -0.25) is 0 Å². The molecule has 0 bridgehead atoms. The predicted octanol–water partition coefficient (Wildman–Crippen LogP) is 1.73. The number of hydrogen-bond donors (Lipinski definition) is 0. The smallest absolute Gasteiger partial charge is 0.415 e. The Bertz CT molecular complexity index is 433. The average molecular weight is 282 g/mol. The van der Waals surface area contributed by atoms with E-state index in [0.29, 0.717) is 11.5 Å². The molecule has 1 amide bonds. The highest BCUT2D eigenvalue weighted by Gasteiger charge is 2.10. The summed E-state index contributed by atoms with van der Waals surface area (Å²) in [6.07, 6.45) is 0.947. The molecule has 0 saturated heterocycles. The van der Waals surface area contributed by atoms with Crippen molar-refractivity contribution in [2.75, 3.05) is 34.6 Å². The van der Waals surface area contributed by atoms with Gasteiger partial charge in [0.05, 0.1) is 19.9 Å². The van der Waals surface area contributed by atoms with Gasteiger partial charge in [-0.05, 0) is 24.3 Å². The summed E-state index contributed by atoms with van der Waals surface area (Å²) in [4.78, 5) is 17.8. The molecule has 0 fully saturated rings. The molecule has 0 heterocycles. The van der Waals surface area contributed by atoms with Crippen LogP contribution in [0.25, 0.3) is 0 Å². The molecule has 0 aliphatic heterocycles. The second kappa shape index (κ2) is 8.76. The van der Waals surface area contributed by atoms with Crippen molar-refractivity contribution >= 4 is 12.3 Å². The van der Waals surface area contributed by atoms with E-state index in [0.717, 1.165) is 0 Å². The second-order valence-corrected chi connectivity index (χ2v) is 3.75. The van der Waals surface area contributed by atoms with Crippen molar-refractivity contribution in [3.8, 4) is 11.5 Å². The van der Waals surface area contributed by atoms with Gasteiger partial charge in [-0.1, -0.05) is 5.16 Å². The van der Waals surface area contributed by atoms with Crippen molar-refractivity contribution in [1.29, 1.82) is 0 Å². The summed E-state index contributed by atoms with van der Waals surface area (Å²) >= 11 is 0. The number of nitrogens with zero attached hydrogens (tertiary/aromatic N) is 2. The molecule has 7 nitrogen and oxygen atoms in total. The molecular formula is C13H18N2O5. The van der Waals surface area contributed by atoms with Crippen molar-refractivity contribution in [1.82, 2.24) is 4.90 Å². The van der Waals surface area contributed by atoms with Gasteiger partial charge in [-0.15, -0.1) is 0 Å². The summed E-state index contributed by atoms with van der Waals surface area (Å²) in [5.74, 6) is 1.14. The fraction of sp³-hybridized carbons (Fsp3) is 0.385. The average Bonchev–Trinajstić information content (AvgIpc) is 2.47. The minimum absolute atomic E-state index is 0.0660. The summed E-state index contributed by atoms with van der Waals surface area (Å²) in [5, 5.41) is 3.60. The Morgan fingerprint density at radius 2 is 1.90 bits per heavy atom. The molecule has 0 atom stereocenters. The molecule has 1 rings (SSSR count). The Kier molecular flexibility index (Phi) is 6.91. The lowest BCUT2D eigenvalue weighted by atomic mass is 10.3. The molecule has 110 valence electrons. The zero-order chi connectivity index (χ0) is 14.8. The molecule has 0 spiro atoms. The lowest BCUT2D eigenvalue weighted by molar-refractivity contribution is -0.0278. The van der Waals surface area contributed by atoms with Crippen LogP contribution in [0.4, 0.5) is 4.79 Å². The van der Waals surface area contributed by atoms with Crippen LogP contribution in [0.15, 0.2) is 29.4 Å². The Labute approximate surface area is 117 Å². The highest BCUT2D eigenvalue weighted by molar-refractivity contribution is 5.74. The van der Waals surface area contributed by atoms with Crippen LogP contribution in [-0.4, -0.2) is 51.8 Å². The second-order valence-electron chi connectivity index (χ2n) is 3.75. The first kappa shape index (κ1) is 15.8. The normalized spacial score (nSPS) is 10.3. The van der Waals surface area contributed by atoms with Gasteiger partial charge in [0.25, 0.3) is 0 Å². The third-order valence-corrected chi connectivity index (χ3v) is 2.25. The van der Waals surface area contributed by atoms with Gasteiger partial charge in [-0.25, -0.2) is 4.79 Å². The monoisotopic (exact) mass is 282 g/mol. The van der Waals surface area contributed by atoms with Crippen LogP contribution in [0.3, 0.4) is 0 Å². The summed E-state index contributed by atoms with van der Waals surface area (Å²) in [7, 11) is 4.65. The van der Waals surface area contributed by atoms with Crippen molar-refractivity contribution in [3.05, 3.63) is 24.3 Å². The molecule has 0 aromatic heterocycles. The van der Waals surface area contributed by atoms with E-state index in [-0.39, 0.29) is 13.3 Å². The molecule has 7 heteroatoms. The predicted molar refractivity (Wildman–Crippen MR) is 73.1 cm³/mol. The van der Waals surface area contributed by atoms with Crippen molar-refractivity contribution in [2.24, 2.45) is 5.16 Å². The molecule has 0 radical (unpaired) electrons. The molecule has 0 aliphatic carbocycles. The minimum atomic E-state index is -0.492. The van der Waals surface area contributed by atoms with Crippen LogP contribution >= 0.6 is 0 Å². The van der Waals surface area contributed by atoms with Crippen LogP contribution in [0.5, 0.6) is 11.5 Å². The Balaban J connectivity index is 2.38. The topological polar surface area (TPSA) is 69.6 Å². The van der Waals surface area contributed by atoms with E-state index in [1.807, 2.05) is 0 Å². The van der Waals surface area contributed by atoms with Crippen LogP contribution in [0, 0.1) is 0 Å². The Morgan fingerprint density at radius 3 is 2.50 bits per heavy atom. The third-order valence-electron chi connectivity index (χ3n) is 2.25. The van der Waals surface area contributed by atoms with E-state index < -0.39 is 6.09 Å². The summed E-state index contributed by atoms with van der Waals surface area (Å²) < 4.78 is 14.8. The van der Waals surface area contributed by atoms with Gasteiger partial charge in [-0.2, -0.15) is 0 Å². The molecule has 0 aliphatic rings. The number of oxime groups is 1. The summed E-state index contributed by atoms with van der Waals surface area (Å²) in [5.41, 5.74) is 0. The van der Waals surface area contributed by atoms with Crippen molar-refractivity contribution in [2.45, 2.75) is 0 Å². The van der Waals surface area contributed by atoms with Crippen molar-refractivity contribution in [3.63, 3.8) is 0 Å². The standard InChI is InChI=1S/C13H18N2O5/c1-15(9-8-14-19-10-17-2)13(16)20-12-6-4-11(18-3)5-7-12/h4-8H,9-10H2,1-3H3/b14-8+. The Hall–Kier alpha value is -2.28. The number of carbonyl (C=O) groups is 1. The highest BCUT2D eigenvalue weighted by Crippen LogP contribution is 2.17. The maximum Gasteiger partial charge on any atom is 0.415 e. The molecule has 1 aromatic carbocycles. The van der Waals surface area contributed by atoms with Gasteiger partial charge < -0.3 is 23.9 Å².